The van der Waals surface area contributed by atoms with E-state index in [-0.39, 0.29) is 0 Å². The van der Waals surface area contributed by atoms with Crippen molar-refractivity contribution in [3.63, 3.8) is 0 Å². The molecule has 1 aromatic heterocycles. The van der Waals surface area contributed by atoms with Gasteiger partial charge in [0, 0.05) is 24.6 Å². The Bertz CT molecular complexity index is 433. The lowest BCUT2D eigenvalue weighted by atomic mass is 10.0. The first-order chi connectivity index (χ1) is 9.44. The summed E-state index contributed by atoms with van der Waals surface area (Å²) >= 11 is 6.12. The Morgan fingerprint density at radius 3 is 2.60 bits per heavy atom. The molecule has 1 aliphatic rings. The molecule has 0 saturated heterocycles. The lowest BCUT2D eigenvalue weighted by Gasteiger charge is -2.24. The van der Waals surface area contributed by atoms with Crippen LogP contribution in [0, 0.1) is 5.92 Å². The smallest absolute Gasteiger partial charge is 0.135 e. The fourth-order valence-electron chi connectivity index (χ4n) is 2.43. The Kier molecular flexibility index (Phi) is 5.22. The summed E-state index contributed by atoms with van der Waals surface area (Å²) in [5, 5.41) is 4.07. The van der Waals surface area contributed by atoms with Gasteiger partial charge in [0.05, 0.1) is 0 Å². The standard InChI is InChI=1S/C15H25ClN4/c1-10(2)7-12(9-20(3)4)17-14-8-13(16)18-15(19-14)11-5-6-11/h8,10-12H,5-7,9H2,1-4H3,(H,17,18,19). The molecule has 1 atom stereocenters. The monoisotopic (exact) mass is 296 g/mol. The van der Waals surface area contributed by atoms with Crippen molar-refractivity contribution < 1.29 is 0 Å². The molecule has 0 bridgehead atoms. The molecule has 0 amide bonds. The van der Waals surface area contributed by atoms with Crippen molar-refractivity contribution in [2.24, 2.45) is 5.92 Å². The Balaban J connectivity index is 2.08. The molecule has 1 aliphatic carbocycles. The lowest BCUT2D eigenvalue weighted by molar-refractivity contribution is 0.356. The number of halogens is 1. The van der Waals surface area contributed by atoms with Crippen LogP contribution in [0.1, 0.15) is 44.9 Å². The van der Waals surface area contributed by atoms with E-state index < -0.39 is 0 Å². The highest BCUT2D eigenvalue weighted by atomic mass is 35.5. The number of likely N-dealkylation sites (N-methyl/N-ethyl adjacent to an activating group) is 1. The molecule has 1 heterocycles. The summed E-state index contributed by atoms with van der Waals surface area (Å²) in [7, 11) is 4.19. The molecule has 5 heteroatoms. The van der Waals surface area contributed by atoms with Gasteiger partial charge < -0.3 is 10.2 Å². The van der Waals surface area contributed by atoms with Crippen molar-refractivity contribution in [2.45, 2.75) is 45.1 Å². The van der Waals surface area contributed by atoms with Gasteiger partial charge in [0.1, 0.15) is 16.8 Å². The molecular weight excluding hydrogens is 272 g/mol. The summed E-state index contributed by atoms with van der Waals surface area (Å²) in [6.07, 6.45) is 3.48. The van der Waals surface area contributed by atoms with Crippen molar-refractivity contribution in [3.8, 4) is 0 Å². The summed E-state index contributed by atoms with van der Waals surface area (Å²) in [5.74, 6) is 2.92. The number of hydrogen-bond donors (Lipinski definition) is 1. The second-order valence-electron chi connectivity index (χ2n) is 6.44. The molecule has 1 aromatic rings. The third-order valence-electron chi connectivity index (χ3n) is 3.35. The maximum Gasteiger partial charge on any atom is 0.135 e. The van der Waals surface area contributed by atoms with Crippen LogP contribution >= 0.6 is 11.6 Å². The topological polar surface area (TPSA) is 41.0 Å². The van der Waals surface area contributed by atoms with Crippen molar-refractivity contribution in [1.82, 2.24) is 14.9 Å². The van der Waals surface area contributed by atoms with E-state index in [0.717, 1.165) is 24.6 Å². The zero-order valence-electron chi connectivity index (χ0n) is 12.9. The van der Waals surface area contributed by atoms with Crippen LogP contribution < -0.4 is 5.32 Å². The number of nitrogens with one attached hydrogen (secondary N) is 1. The Morgan fingerprint density at radius 1 is 1.35 bits per heavy atom. The van der Waals surface area contributed by atoms with Gasteiger partial charge in [0.2, 0.25) is 0 Å². The highest BCUT2D eigenvalue weighted by Crippen LogP contribution is 2.38. The zero-order valence-corrected chi connectivity index (χ0v) is 13.6. The van der Waals surface area contributed by atoms with Crippen LogP contribution in [0.3, 0.4) is 0 Å². The average molecular weight is 297 g/mol. The van der Waals surface area contributed by atoms with Gasteiger partial charge in [-0.2, -0.15) is 0 Å². The molecule has 0 radical (unpaired) electrons. The van der Waals surface area contributed by atoms with Crippen LogP contribution in [0.15, 0.2) is 6.07 Å². The molecule has 0 aliphatic heterocycles. The largest absolute Gasteiger partial charge is 0.366 e. The minimum absolute atomic E-state index is 0.378. The number of rotatable bonds is 7. The molecular formula is C15H25ClN4. The number of aromatic nitrogens is 2. The van der Waals surface area contributed by atoms with Gasteiger partial charge in [-0.1, -0.05) is 25.4 Å². The highest BCUT2D eigenvalue weighted by Gasteiger charge is 2.27. The zero-order chi connectivity index (χ0) is 14.7. The van der Waals surface area contributed by atoms with Gasteiger partial charge in [-0.15, -0.1) is 0 Å². The molecule has 20 heavy (non-hydrogen) atoms. The maximum atomic E-state index is 6.12. The van der Waals surface area contributed by atoms with E-state index in [0.29, 0.717) is 23.0 Å². The summed E-state index contributed by atoms with van der Waals surface area (Å²) in [6, 6.07) is 2.21. The van der Waals surface area contributed by atoms with Gasteiger partial charge in [0.25, 0.3) is 0 Å². The number of nitrogens with zero attached hydrogens (tertiary/aromatic N) is 3. The van der Waals surface area contributed by atoms with Crippen LogP contribution in [-0.4, -0.2) is 41.5 Å². The molecule has 1 unspecified atom stereocenters. The number of hydrogen-bond acceptors (Lipinski definition) is 4. The van der Waals surface area contributed by atoms with Gasteiger partial charge in [-0.25, -0.2) is 9.97 Å². The molecule has 1 N–H and O–H groups in total. The third kappa shape index (κ3) is 4.91. The molecule has 1 saturated carbocycles. The van der Waals surface area contributed by atoms with E-state index in [2.05, 4.69) is 48.1 Å². The summed E-state index contributed by atoms with van der Waals surface area (Å²) in [5.41, 5.74) is 0. The van der Waals surface area contributed by atoms with E-state index in [1.807, 2.05) is 6.07 Å². The van der Waals surface area contributed by atoms with Crippen LogP contribution in [0.25, 0.3) is 0 Å². The maximum absolute atomic E-state index is 6.12. The fraction of sp³-hybridized carbons (Fsp3) is 0.733. The van der Waals surface area contributed by atoms with E-state index in [4.69, 9.17) is 11.6 Å². The first-order valence-corrected chi connectivity index (χ1v) is 7.77. The molecule has 4 nitrogen and oxygen atoms in total. The quantitative estimate of drug-likeness (QED) is 0.783. The predicted molar refractivity (Wildman–Crippen MR) is 84.4 cm³/mol. The predicted octanol–water partition coefficient (Wildman–Crippen LogP) is 3.40. The highest BCUT2D eigenvalue weighted by molar-refractivity contribution is 6.29. The van der Waals surface area contributed by atoms with E-state index in [9.17, 15) is 0 Å². The Hall–Kier alpha value is -0.870. The third-order valence-corrected chi connectivity index (χ3v) is 3.54. The summed E-state index contributed by atoms with van der Waals surface area (Å²) in [4.78, 5) is 11.2. The Labute approximate surface area is 126 Å². The molecule has 0 aromatic carbocycles. The average Bonchev–Trinajstić information content (AvgIpc) is 3.09. The van der Waals surface area contributed by atoms with Crippen LogP contribution in [0.4, 0.5) is 5.82 Å². The van der Waals surface area contributed by atoms with Crippen molar-refractivity contribution >= 4 is 17.4 Å². The lowest BCUT2D eigenvalue weighted by Crippen LogP contribution is -2.33. The fourth-order valence-corrected chi connectivity index (χ4v) is 2.62. The Morgan fingerprint density at radius 2 is 2.05 bits per heavy atom. The first-order valence-electron chi connectivity index (χ1n) is 7.39. The minimum Gasteiger partial charge on any atom is -0.366 e. The summed E-state index contributed by atoms with van der Waals surface area (Å²) in [6.45, 7) is 5.47. The van der Waals surface area contributed by atoms with Crippen molar-refractivity contribution in [2.75, 3.05) is 26.0 Å². The van der Waals surface area contributed by atoms with Gasteiger partial charge in [-0.05, 0) is 39.3 Å². The van der Waals surface area contributed by atoms with Crippen LogP contribution in [-0.2, 0) is 0 Å². The second kappa shape index (κ2) is 6.72. The van der Waals surface area contributed by atoms with E-state index in [1.54, 1.807) is 0 Å². The van der Waals surface area contributed by atoms with Gasteiger partial charge in [-0.3, -0.25) is 0 Å². The molecule has 2 rings (SSSR count). The molecule has 0 spiro atoms. The molecule has 112 valence electrons. The molecule has 1 fully saturated rings. The van der Waals surface area contributed by atoms with Crippen LogP contribution in [0.2, 0.25) is 5.15 Å². The van der Waals surface area contributed by atoms with Crippen LogP contribution in [0.5, 0.6) is 0 Å². The minimum atomic E-state index is 0.378. The van der Waals surface area contributed by atoms with Gasteiger partial charge in [0.15, 0.2) is 0 Å². The number of anilines is 1. The summed E-state index contributed by atoms with van der Waals surface area (Å²) < 4.78 is 0. The van der Waals surface area contributed by atoms with Gasteiger partial charge >= 0.3 is 0 Å². The SMILES string of the molecule is CC(C)CC(CN(C)C)Nc1cc(Cl)nc(C2CC2)n1. The van der Waals surface area contributed by atoms with E-state index in [1.165, 1.54) is 12.8 Å². The first kappa shape index (κ1) is 15.5. The second-order valence-corrected chi connectivity index (χ2v) is 6.83. The van der Waals surface area contributed by atoms with Crippen molar-refractivity contribution in [3.05, 3.63) is 17.0 Å². The normalized spacial score (nSPS) is 16.8. The van der Waals surface area contributed by atoms with Crippen molar-refractivity contribution in [1.29, 1.82) is 0 Å². The van der Waals surface area contributed by atoms with E-state index >= 15 is 0 Å².